The van der Waals surface area contributed by atoms with Gasteiger partial charge in [-0.3, -0.25) is 24.5 Å². The van der Waals surface area contributed by atoms with Crippen molar-refractivity contribution in [3.8, 4) is 0 Å². The normalized spacial score (nSPS) is 12.0. The molecule has 0 fully saturated rings. The van der Waals surface area contributed by atoms with E-state index < -0.39 is 63.8 Å². The number of aryl methyl sites for hydroxylation is 1. The molecule has 5 rings (SSSR count). The van der Waals surface area contributed by atoms with Gasteiger partial charge in [-0.05, 0) is 121 Å². The molecule has 0 heterocycles. The lowest BCUT2D eigenvalue weighted by Crippen LogP contribution is -2.31. The van der Waals surface area contributed by atoms with Gasteiger partial charge in [-0.1, -0.05) is 78.9 Å². The molecule has 0 radical (unpaired) electrons. The number of hydrogen-bond donors (Lipinski definition) is 5. The molecule has 5 N–H and O–H groups in total. The number of nitrogens with one attached hydrogen (secondary N) is 1. The lowest BCUT2D eigenvalue weighted by molar-refractivity contribution is 0.0487. The average molecular weight is 887 g/mol. The van der Waals surface area contributed by atoms with Crippen molar-refractivity contribution in [3.05, 3.63) is 160 Å². The number of ether oxygens (including phenoxy) is 2. The maximum absolute atomic E-state index is 14.1. The van der Waals surface area contributed by atoms with Crippen molar-refractivity contribution in [1.82, 2.24) is 0 Å². The average Bonchev–Trinajstić information content (AvgIpc) is 3.24. The van der Waals surface area contributed by atoms with E-state index in [0.29, 0.717) is 22.3 Å². The molecule has 340 valence electrons. The summed E-state index contributed by atoms with van der Waals surface area (Å²) in [6, 6.07) is 29.2. The van der Waals surface area contributed by atoms with Gasteiger partial charge in [0.25, 0.3) is 0 Å². The van der Waals surface area contributed by atoms with E-state index in [4.69, 9.17) is 9.47 Å². The molecule has 0 bridgehead atoms. The third-order valence-electron chi connectivity index (χ3n) is 10.2. The smallest absolute Gasteiger partial charge is 0.419 e. The molecule has 0 aromatic heterocycles. The van der Waals surface area contributed by atoms with Crippen molar-refractivity contribution in [1.29, 1.82) is 0 Å². The Morgan fingerprint density at radius 1 is 0.538 bits per heavy atom. The van der Waals surface area contributed by atoms with Crippen LogP contribution in [0.25, 0.3) is 0 Å². The molecule has 0 saturated heterocycles. The second-order valence-electron chi connectivity index (χ2n) is 17.8. The monoisotopic (exact) mass is 886 g/mol. The van der Waals surface area contributed by atoms with Crippen LogP contribution < -0.4 is 10.2 Å². The molecule has 14 nitrogen and oxygen atoms in total. The zero-order valence-corrected chi connectivity index (χ0v) is 37.8. The summed E-state index contributed by atoms with van der Waals surface area (Å²) in [6.07, 6.45) is -2.85. The maximum Gasteiger partial charge on any atom is 0.419 e. The molecule has 65 heavy (non-hydrogen) atoms. The summed E-state index contributed by atoms with van der Waals surface area (Å²) in [7, 11) is 0. The maximum atomic E-state index is 14.1. The third kappa shape index (κ3) is 12.2. The van der Waals surface area contributed by atoms with Gasteiger partial charge >= 0.3 is 12.2 Å². The van der Waals surface area contributed by atoms with E-state index in [1.165, 1.54) is 127 Å². The Morgan fingerprint density at radius 2 is 0.908 bits per heavy atom. The molecule has 2 amide bonds. The van der Waals surface area contributed by atoms with Gasteiger partial charge in [0.2, 0.25) is 0 Å². The van der Waals surface area contributed by atoms with Gasteiger partial charge in [-0.15, -0.1) is 0 Å². The summed E-state index contributed by atoms with van der Waals surface area (Å²) in [5, 5.41) is 43.8. The van der Waals surface area contributed by atoms with Crippen molar-refractivity contribution in [3.63, 3.8) is 0 Å². The van der Waals surface area contributed by atoms with Crippen molar-refractivity contribution >= 4 is 52.4 Å². The highest BCUT2D eigenvalue weighted by Crippen LogP contribution is 2.34. The lowest BCUT2D eigenvalue weighted by atomic mass is 9.92. The van der Waals surface area contributed by atoms with Crippen LogP contribution in [0.1, 0.15) is 125 Å². The van der Waals surface area contributed by atoms with E-state index in [2.05, 4.69) is 5.32 Å². The van der Waals surface area contributed by atoms with Gasteiger partial charge in [0.15, 0.2) is 29.2 Å². The molecule has 0 atom stereocenters. The number of Topliss-reactive ketones (excluding diaryl/α,β-unsaturated/α-hetero) is 4. The van der Waals surface area contributed by atoms with Crippen molar-refractivity contribution in [2.45, 2.75) is 97.4 Å². The SMILES string of the molecule is Cc1ccc(NC(=O)OC(c2ccc(C(=O)C(C)(C)O)cc2)c2ccc(C(=O)C(C)(C)O)cc2)cc1N(C(=O)OCc1ccc(C(=O)C(C)(C)O)cc1)c1ccc(C(=O)C(C)(C)O)cc1. The second-order valence-corrected chi connectivity index (χ2v) is 17.8. The summed E-state index contributed by atoms with van der Waals surface area (Å²) in [5.41, 5.74) is -2.85. The van der Waals surface area contributed by atoms with Crippen LogP contribution in [-0.4, -0.2) is 78.1 Å². The molecule has 5 aromatic rings. The molecular formula is C51H54N2O12. The number of anilines is 3. The van der Waals surface area contributed by atoms with Gasteiger partial charge in [-0.25, -0.2) is 14.5 Å². The Kier molecular flexibility index (Phi) is 14.4. The fourth-order valence-electron chi connectivity index (χ4n) is 6.61. The number of nitrogens with zero attached hydrogens (tertiary/aromatic N) is 1. The second kappa shape index (κ2) is 19.1. The summed E-state index contributed by atoms with van der Waals surface area (Å²) in [6.45, 7) is 12.5. The first-order valence-corrected chi connectivity index (χ1v) is 20.7. The van der Waals surface area contributed by atoms with E-state index in [0.717, 1.165) is 0 Å². The van der Waals surface area contributed by atoms with E-state index in [9.17, 15) is 49.2 Å². The first kappa shape index (κ1) is 49.2. The summed E-state index contributed by atoms with van der Waals surface area (Å²) >= 11 is 0. The first-order valence-electron chi connectivity index (χ1n) is 20.7. The zero-order chi connectivity index (χ0) is 48.2. The van der Waals surface area contributed by atoms with Crippen LogP contribution in [0.4, 0.5) is 26.7 Å². The third-order valence-corrected chi connectivity index (χ3v) is 10.2. The minimum atomic E-state index is -1.66. The van der Waals surface area contributed by atoms with Crippen LogP contribution in [-0.2, 0) is 16.1 Å². The van der Waals surface area contributed by atoms with Crippen molar-refractivity contribution in [2.75, 3.05) is 10.2 Å². The van der Waals surface area contributed by atoms with Crippen molar-refractivity contribution in [2.24, 2.45) is 0 Å². The summed E-state index contributed by atoms with van der Waals surface area (Å²) in [4.78, 5) is 80.1. The van der Waals surface area contributed by atoms with Crippen molar-refractivity contribution < 1.29 is 58.7 Å². The van der Waals surface area contributed by atoms with Crippen LogP contribution in [0, 0.1) is 6.92 Å². The van der Waals surface area contributed by atoms with Gasteiger partial charge in [0.05, 0.1) is 11.4 Å². The predicted molar refractivity (Wildman–Crippen MR) is 244 cm³/mol. The fraction of sp³-hybridized carbons (Fsp3) is 0.294. The number of aliphatic hydroxyl groups is 4. The van der Waals surface area contributed by atoms with Gasteiger partial charge < -0.3 is 29.9 Å². The predicted octanol–water partition coefficient (Wildman–Crippen LogP) is 8.62. The number of carbonyl (C=O) groups excluding carboxylic acids is 6. The highest BCUT2D eigenvalue weighted by molar-refractivity contribution is 6.04. The number of rotatable bonds is 16. The van der Waals surface area contributed by atoms with Gasteiger partial charge in [0, 0.05) is 27.9 Å². The molecule has 0 unspecified atom stereocenters. The number of benzene rings is 5. The minimum absolute atomic E-state index is 0.191. The number of amides is 2. The van der Waals surface area contributed by atoms with Crippen LogP contribution in [0.15, 0.2) is 115 Å². The molecule has 5 aromatic carbocycles. The number of ketones is 4. The van der Waals surface area contributed by atoms with E-state index in [1.807, 2.05) is 0 Å². The lowest BCUT2D eigenvalue weighted by Gasteiger charge is -2.25. The summed E-state index contributed by atoms with van der Waals surface area (Å²) in [5.74, 6) is -2.06. The Morgan fingerprint density at radius 3 is 1.29 bits per heavy atom. The molecular weight excluding hydrogens is 833 g/mol. The van der Waals surface area contributed by atoms with E-state index in [1.54, 1.807) is 55.5 Å². The molecule has 0 spiro atoms. The van der Waals surface area contributed by atoms with E-state index >= 15 is 0 Å². The molecule has 14 heteroatoms. The first-order chi connectivity index (χ1) is 30.1. The zero-order valence-electron chi connectivity index (χ0n) is 37.8. The van der Waals surface area contributed by atoms with Crippen LogP contribution in [0.5, 0.6) is 0 Å². The minimum Gasteiger partial charge on any atom is -0.444 e. The quantitative estimate of drug-likeness (QED) is 0.0589. The van der Waals surface area contributed by atoms with E-state index in [-0.39, 0.29) is 45.9 Å². The highest BCUT2D eigenvalue weighted by Gasteiger charge is 2.30. The molecule has 0 aliphatic rings. The van der Waals surface area contributed by atoms with Gasteiger partial charge in [0.1, 0.15) is 29.0 Å². The van der Waals surface area contributed by atoms with Crippen LogP contribution in [0.3, 0.4) is 0 Å². The topological polar surface area (TPSA) is 217 Å². The molecule has 0 aliphatic carbocycles. The Hall–Kier alpha value is -6.84. The largest absolute Gasteiger partial charge is 0.444 e. The highest BCUT2D eigenvalue weighted by atomic mass is 16.6. The van der Waals surface area contributed by atoms with Gasteiger partial charge in [-0.2, -0.15) is 0 Å². The fourth-order valence-corrected chi connectivity index (χ4v) is 6.61. The van der Waals surface area contributed by atoms with Crippen LogP contribution >= 0.6 is 0 Å². The Labute approximate surface area is 377 Å². The standard InChI is InChI=1S/C51H54N2O12/c1-30-10-25-38(52-46(58)65-41(32-15-19-35(20-16-32)43(55)49(4,5)61)33-17-21-36(22-18-33)44(56)50(6,7)62)28-40(30)53(39-26-23-37(24-27-39)45(57)51(8,9)63)47(59)64-29-31-11-13-34(14-12-31)42(54)48(2,3)60/h10-28,41,60-63H,29H2,1-9H3,(H,52,58). The van der Waals surface area contributed by atoms with Crippen LogP contribution in [0.2, 0.25) is 0 Å². The summed E-state index contributed by atoms with van der Waals surface area (Å²) < 4.78 is 11.8. The number of hydrogen-bond acceptors (Lipinski definition) is 12. The Balaban J connectivity index is 1.47. The molecule has 0 saturated carbocycles. The Bertz CT molecular complexity index is 2500. The number of carbonyl (C=O) groups is 6. The molecule has 0 aliphatic heterocycles.